The first-order valence-corrected chi connectivity index (χ1v) is 5.75. The number of carbonyl (C=O) groups is 1. The third-order valence-electron chi connectivity index (χ3n) is 0.696. The molecule has 0 bridgehead atoms. The summed E-state index contributed by atoms with van der Waals surface area (Å²) in [7, 11) is 0. The molecule has 0 heterocycles. The van der Waals surface area contributed by atoms with E-state index in [0.29, 0.717) is 5.78 Å². The van der Waals surface area contributed by atoms with Gasteiger partial charge >= 0.3 is 18.9 Å². The van der Waals surface area contributed by atoms with Gasteiger partial charge < -0.3 is 4.79 Å². The minimum atomic E-state index is -0.578. The fourth-order valence-electron chi connectivity index (χ4n) is 0.575. The van der Waals surface area contributed by atoms with Crippen molar-refractivity contribution in [1.29, 1.82) is 0 Å². The van der Waals surface area contributed by atoms with Crippen LogP contribution in [0.3, 0.4) is 0 Å². The number of hydrogen-bond donors (Lipinski definition) is 0. The molecule has 42 valence electrons. The van der Waals surface area contributed by atoms with E-state index in [1.807, 2.05) is 0 Å². The molecule has 0 aromatic carbocycles. The standard InChI is InChI=1S/C3H5O.2CH3.Al.Li.H/c1-3(2)4;;;;;/h1H2,2H3;2*1H3;;;. The van der Waals surface area contributed by atoms with Crippen molar-refractivity contribution in [3.05, 3.63) is 0 Å². The van der Waals surface area contributed by atoms with Gasteiger partial charge in [0, 0.05) is 0 Å². The Kier molecular flexibility index (Phi) is 8.58. The minimum absolute atomic E-state index is 0. The van der Waals surface area contributed by atoms with Crippen LogP contribution in [0.4, 0.5) is 0 Å². The summed E-state index contributed by atoms with van der Waals surface area (Å²) in [6.45, 7) is 1.66. The van der Waals surface area contributed by atoms with Crippen molar-refractivity contribution in [3.8, 4) is 0 Å². The molecule has 0 aromatic heterocycles. The van der Waals surface area contributed by atoms with Gasteiger partial charge in [0.2, 0.25) is 0 Å². The number of hydrogen-bond acceptors (Lipinski definition) is 1. The van der Waals surface area contributed by atoms with E-state index in [4.69, 9.17) is 0 Å². The van der Waals surface area contributed by atoms with E-state index < -0.39 is 14.1 Å². The van der Waals surface area contributed by atoms with Crippen molar-refractivity contribution in [2.45, 2.75) is 23.8 Å². The average molecular weight is 122 g/mol. The van der Waals surface area contributed by atoms with Gasteiger partial charge in [-0.15, -0.1) is 11.6 Å². The summed E-state index contributed by atoms with van der Waals surface area (Å²) in [4.78, 5) is 10.3. The first kappa shape index (κ1) is 11.6. The van der Waals surface area contributed by atoms with Gasteiger partial charge in [-0.3, -0.25) is 0 Å². The van der Waals surface area contributed by atoms with Gasteiger partial charge in [0.1, 0.15) is 5.78 Å². The molecule has 0 spiro atoms. The van der Waals surface area contributed by atoms with Crippen LogP contribution in [0.5, 0.6) is 0 Å². The second-order valence-corrected chi connectivity index (χ2v) is 5.50. The zero-order valence-electron chi connectivity index (χ0n) is 5.19. The number of rotatable bonds is 2. The normalized spacial score (nSPS) is 7.38. The van der Waals surface area contributed by atoms with Crippen molar-refractivity contribution >= 4 is 38.8 Å². The van der Waals surface area contributed by atoms with Gasteiger partial charge in [-0.2, -0.15) is 0 Å². The third kappa shape index (κ3) is 9.93. The molecule has 3 heteroatoms. The Balaban J connectivity index is 0. The molecule has 0 atom stereocenters. The summed E-state index contributed by atoms with van der Waals surface area (Å²) in [6.07, 6.45) is 0. The Morgan fingerprint density at radius 2 is 1.88 bits per heavy atom. The van der Waals surface area contributed by atoms with Crippen molar-refractivity contribution in [3.63, 3.8) is 0 Å². The van der Waals surface area contributed by atoms with E-state index in [1.165, 1.54) is 0 Å². The fourth-order valence-corrected chi connectivity index (χ4v) is 1.72. The third-order valence-corrected chi connectivity index (χ3v) is 2.09. The van der Waals surface area contributed by atoms with Crippen molar-refractivity contribution in [2.24, 2.45) is 0 Å². The molecule has 0 saturated carbocycles. The quantitative estimate of drug-likeness (QED) is 0.492. The molecule has 0 aliphatic heterocycles. The summed E-state index contributed by atoms with van der Waals surface area (Å²) >= 11 is -0.578. The second-order valence-electron chi connectivity index (χ2n) is 2.30. The molecule has 0 aliphatic rings. The van der Waals surface area contributed by atoms with Crippen molar-refractivity contribution in [1.82, 2.24) is 0 Å². The number of carbonyl (C=O) groups excluding carboxylic acids is 1. The Bertz CT molecular complexity index is 72.8. The molecule has 0 N–H and O–H groups in total. The summed E-state index contributed by atoms with van der Waals surface area (Å²) in [5.74, 6) is 4.71. The zero-order chi connectivity index (χ0) is 5.86. The molecule has 1 nitrogen and oxygen atoms in total. The SMILES string of the molecule is CC(=O)[CH2][Al]([CH3])[CH3].[LiH]. The van der Waals surface area contributed by atoms with E-state index in [2.05, 4.69) is 11.6 Å². The Morgan fingerprint density at radius 3 is 1.88 bits per heavy atom. The molecule has 0 amide bonds. The van der Waals surface area contributed by atoms with E-state index in [1.54, 1.807) is 6.92 Å². The van der Waals surface area contributed by atoms with Gasteiger partial charge in [-0.1, -0.05) is 0 Å². The molecule has 0 aliphatic carbocycles. The van der Waals surface area contributed by atoms with Crippen LogP contribution in [0.1, 0.15) is 6.92 Å². The van der Waals surface area contributed by atoms with Crippen LogP contribution in [0.2, 0.25) is 16.9 Å². The predicted octanol–water partition coefficient (Wildman–Crippen LogP) is 0.681. The Hall–Kier alpha value is 0.800. The molecule has 0 radical (unpaired) electrons. The summed E-state index contributed by atoms with van der Waals surface area (Å²) in [6, 6.07) is 0. The van der Waals surface area contributed by atoms with E-state index in [9.17, 15) is 4.79 Å². The summed E-state index contributed by atoms with van der Waals surface area (Å²) in [5.41, 5.74) is 0. The monoisotopic (exact) mass is 122 g/mol. The Morgan fingerprint density at radius 1 is 1.50 bits per heavy atom. The van der Waals surface area contributed by atoms with Crippen molar-refractivity contribution in [2.75, 3.05) is 0 Å². The van der Waals surface area contributed by atoms with Crippen molar-refractivity contribution < 1.29 is 4.79 Å². The first-order chi connectivity index (χ1) is 3.13. The first-order valence-electron chi connectivity index (χ1n) is 2.62. The zero-order valence-corrected chi connectivity index (χ0v) is 6.35. The molecule has 8 heavy (non-hydrogen) atoms. The van der Waals surface area contributed by atoms with Gasteiger partial charge in [-0.05, 0) is 12.2 Å². The molecule has 0 fully saturated rings. The van der Waals surface area contributed by atoms with E-state index in [0.717, 1.165) is 5.28 Å². The molecule has 0 aromatic rings. The van der Waals surface area contributed by atoms with Crippen LogP contribution in [0.25, 0.3) is 0 Å². The maximum atomic E-state index is 10.3. The van der Waals surface area contributed by atoms with Crippen LogP contribution in [0, 0.1) is 0 Å². The number of ketones is 1. The molecular weight excluding hydrogens is 110 g/mol. The maximum absolute atomic E-state index is 10.3. The average Bonchev–Trinajstić information content (AvgIpc) is 1.27. The van der Waals surface area contributed by atoms with Crippen LogP contribution >= 0.6 is 0 Å². The van der Waals surface area contributed by atoms with E-state index >= 15 is 0 Å². The fraction of sp³-hybridized carbons (Fsp3) is 0.800. The molecule has 0 unspecified atom stereocenters. The summed E-state index contributed by atoms with van der Waals surface area (Å²) in [5, 5.41) is 0.861. The van der Waals surface area contributed by atoms with Gasteiger partial charge in [-0.25, -0.2) is 0 Å². The van der Waals surface area contributed by atoms with E-state index in [-0.39, 0.29) is 18.9 Å². The van der Waals surface area contributed by atoms with Gasteiger partial charge in [0.15, 0.2) is 0 Å². The molecule has 0 saturated heterocycles. The van der Waals surface area contributed by atoms with Gasteiger partial charge in [0.05, 0.1) is 0 Å². The number of Topliss-reactive ketones (excluding diaryl/α,β-unsaturated/α-hetero) is 1. The predicted molar refractivity (Wildman–Crippen MR) is 40.1 cm³/mol. The second kappa shape index (κ2) is 5.93. The van der Waals surface area contributed by atoms with Gasteiger partial charge in [0.25, 0.3) is 14.1 Å². The van der Waals surface area contributed by atoms with Crippen LogP contribution < -0.4 is 0 Å². The van der Waals surface area contributed by atoms with Crippen LogP contribution in [-0.2, 0) is 4.79 Å². The molecule has 0 rings (SSSR count). The molecular formula is C5H12AlLiO. The Labute approximate surface area is 67.4 Å². The van der Waals surface area contributed by atoms with Crippen LogP contribution in [-0.4, -0.2) is 38.8 Å². The topological polar surface area (TPSA) is 17.1 Å². The summed E-state index contributed by atoms with van der Waals surface area (Å²) < 4.78 is 0. The van der Waals surface area contributed by atoms with Crippen LogP contribution in [0.15, 0.2) is 0 Å².